The minimum atomic E-state index is 0.234. The molecule has 0 saturated carbocycles. The zero-order valence-electron chi connectivity index (χ0n) is 13.1. The summed E-state index contributed by atoms with van der Waals surface area (Å²) < 4.78 is 0. The van der Waals surface area contributed by atoms with Gasteiger partial charge in [-0.1, -0.05) is 34.1 Å². The molecular weight excluding hydrogens is 224 g/mol. The largest absolute Gasteiger partial charge is 0.395 e. The van der Waals surface area contributed by atoms with Gasteiger partial charge in [0.2, 0.25) is 0 Å². The fourth-order valence-electron chi connectivity index (χ4n) is 2.19. The average molecular weight is 258 g/mol. The summed E-state index contributed by atoms with van der Waals surface area (Å²) >= 11 is 0. The molecule has 110 valence electrons. The van der Waals surface area contributed by atoms with Crippen LogP contribution < -0.4 is 5.32 Å². The van der Waals surface area contributed by atoms with Gasteiger partial charge in [-0.2, -0.15) is 0 Å². The van der Waals surface area contributed by atoms with Crippen molar-refractivity contribution in [3.8, 4) is 0 Å². The van der Waals surface area contributed by atoms with Gasteiger partial charge in [0, 0.05) is 18.1 Å². The predicted molar refractivity (Wildman–Crippen MR) is 80.0 cm³/mol. The Hall–Kier alpha value is -0.120. The minimum absolute atomic E-state index is 0.234. The van der Waals surface area contributed by atoms with Gasteiger partial charge in [-0.15, -0.1) is 0 Å². The Kier molecular flexibility index (Phi) is 10.7. The molecule has 0 aliphatic rings. The molecule has 0 heterocycles. The van der Waals surface area contributed by atoms with Crippen LogP contribution in [-0.2, 0) is 0 Å². The van der Waals surface area contributed by atoms with E-state index in [-0.39, 0.29) is 12.6 Å². The molecule has 0 rings (SSSR count). The van der Waals surface area contributed by atoms with Crippen LogP contribution in [0.5, 0.6) is 0 Å². The van der Waals surface area contributed by atoms with Crippen molar-refractivity contribution in [2.45, 2.75) is 78.4 Å². The molecular formula is C15H34N2O. The molecule has 0 aromatic heterocycles. The third-order valence-corrected chi connectivity index (χ3v) is 3.57. The van der Waals surface area contributed by atoms with Crippen LogP contribution in [-0.4, -0.2) is 47.8 Å². The summed E-state index contributed by atoms with van der Waals surface area (Å²) in [6.45, 7) is 13.6. The molecule has 0 aliphatic heterocycles. The average Bonchev–Trinajstić information content (AvgIpc) is 2.35. The summed E-state index contributed by atoms with van der Waals surface area (Å²) in [5.41, 5.74) is 0. The topological polar surface area (TPSA) is 35.5 Å². The Labute approximate surface area is 114 Å². The molecule has 2 unspecified atom stereocenters. The number of hydrogen-bond donors (Lipinski definition) is 2. The van der Waals surface area contributed by atoms with Gasteiger partial charge in [-0.25, -0.2) is 0 Å². The van der Waals surface area contributed by atoms with E-state index < -0.39 is 0 Å². The van der Waals surface area contributed by atoms with Crippen molar-refractivity contribution in [1.29, 1.82) is 0 Å². The third-order valence-electron chi connectivity index (χ3n) is 3.57. The zero-order chi connectivity index (χ0) is 14.0. The zero-order valence-corrected chi connectivity index (χ0v) is 13.1. The van der Waals surface area contributed by atoms with Crippen LogP contribution in [0.3, 0.4) is 0 Å². The maximum atomic E-state index is 9.38. The van der Waals surface area contributed by atoms with Crippen molar-refractivity contribution in [2.75, 3.05) is 19.7 Å². The SMILES string of the molecule is CCCCN(CCC(CO)NC(C)C)C(C)CC. The number of nitrogens with one attached hydrogen (secondary N) is 1. The smallest absolute Gasteiger partial charge is 0.0585 e. The van der Waals surface area contributed by atoms with E-state index in [0.717, 1.165) is 13.0 Å². The summed E-state index contributed by atoms with van der Waals surface area (Å²) in [5, 5.41) is 12.8. The van der Waals surface area contributed by atoms with Crippen LogP contribution in [0.15, 0.2) is 0 Å². The fraction of sp³-hybridized carbons (Fsp3) is 1.00. The molecule has 0 saturated heterocycles. The van der Waals surface area contributed by atoms with Crippen molar-refractivity contribution in [2.24, 2.45) is 0 Å². The Balaban J connectivity index is 4.13. The summed E-state index contributed by atoms with van der Waals surface area (Å²) in [4.78, 5) is 2.56. The molecule has 0 amide bonds. The van der Waals surface area contributed by atoms with Gasteiger partial charge < -0.3 is 15.3 Å². The Morgan fingerprint density at radius 3 is 2.22 bits per heavy atom. The van der Waals surface area contributed by atoms with Gasteiger partial charge in [0.25, 0.3) is 0 Å². The van der Waals surface area contributed by atoms with Gasteiger partial charge in [0.15, 0.2) is 0 Å². The van der Waals surface area contributed by atoms with Crippen molar-refractivity contribution >= 4 is 0 Å². The summed E-state index contributed by atoms with van der Waals surface area (Å²) in [6.07, 6.45) is 4.75. The second kappa shape index (κ2) is 10.8. The lowest BCUT2D eigenvalue weighted by atomic mass is 10.1. The highest BCUT2D eigenvalue weighted by molar-refractivity contribution is 4.73. The minimum Gasteiger partial charge on any atom is -0.395 e. The molecule has 0 aliphatic carbocycles. The summed E-state index contributed by atoms with van der Waals surface area (Å²) in [6, 6.07) is 1.32. The number of hydrogen-bond acceptors (Lipinski definition) is 3. The van der Waals surface area contributed by atoms with Crippen LogP contribution in [0.25, 0.3) is 0 Å². The first-order chi connectivity index (χ1) is 8.54. The Morgan fingerprint density at radius 2 is 1.78 bits per heavy atom. The van der Waals surface area contributed by atoms with E-state index >= 15 is 0 Å². The van der Waals surface area contributed by atoms with E-state index in [0.29, 0.717) is 12.1 Å². The molecule has 0 spiro atoms. The highest BCUT2D eigenvalue weighted by atomic mass is 16.3. The lowest BCUT2D eigenvalue weighted by molar-refractivity contribution is 0.168. The van der Waals surface area contributed by atoms with Gasteiger partial charge in [-0.05, 0) is 39.3 Å². The first kappa shape index (κ1) is 17.9. The van der Waals surface area contributed by atoms with E-state index in [1.54, 1.807) is 0 Å². The molecule has 0 aromatic carbocycles. The standard InChI is InChI=1S/C15H34N2O/c1-6-8-10-17(14(5)7-2)11-9-15(12-18)16-13(3)4/h13-16,18H,6-12H2,1-5H3. The molecule has 0 aromatic rings. The number of aliphatic hydroxyl groups is 1. The van der Waals surface area contributed by atoms with Crippen molar-refractivity contribution in [3.63, 3.8) is 0 Å². The van der Waals surface area contributed by atoms with E-state index in [2.05, 4.69) is 44.8 Å². The number of unbranched alkanes of at least 4 members (excludes halogenated alkanes) is 1. The highest BCUT2D eigenvalue weighted by Gasteiger charge is 2.15. The van der Waals surface area contributed by atoms with E-state index in [9.17, 15) is 5.11 Å². The lowest BCUT2D eigenvalue weighted by Crippen LogP contribution is -2.42. The Morgan fingerprint density at radius 1 is 1.11 bits per heavy atom. The molecule has 2 atom stereocenters. The quantitative estimate of drug-likeness (QED) is 0.598. The van der Waals surface area contributed by atoms with Crippen LogP contribution in [0.1, 0.15) is 60.3 Å². The van der Waals surface area contributed by atoms with Crippen LogP contribution in [0.2, 0.25) is 0 Å². The van der Waals surface area contributed by atoms with E-state index in [1.165, 1.54) is 25.8 Å². The number of nitrogens with zero attached hydrogens (tertiary/aromatic N) is 1. The second-order valence-corrected chi connectivity index (χ2v) is 5.64. The van der Waals surface area contributed by atoms with E-state index in [4.69, 9.17) is 0 Å². The van der Waals surface area contributed by atoms with Crippen LogP contribution in [0.4, 0.5) is 0 Å². The molecule has 18 heavy (non-hydrogen) atoms. The molecule has 3 heteroatoms. The van der Waals surface area contributed by atoms with Crippen molar-refractivity contribution < 1.29 is 5.11 Å². The highest BCUT2D eigenvalue weighted by Crippen LogP contribution is 2.08. The molecule has 3 nitrogen and oxygen atoms in total. The maximum absolute atomic E-state index is 9.38. The molecule has 0 fully saturated rings. The maximum Gasteiger partial charge on any atom is 0.0585 e. The van der Waals surface area contributed by atoms with E-state index in [1.807, 2.05) is 0 Å². The molecule has 2 N–H and O–H groups in total. The monoisotopic (exact) mass is 258 g/mol. The fourth-order valence-corrected chi connectivity index (χ4v) is 2.19. The van der Waals surface area contributed by atoms with Gasteiger partial charge >= 0.3 is 0 Å². The predicted octanol–water partition coefficient (Wildman–Crippen LogP) is 2.64. The normalized spacial score (nSPS) is 15.3. The molecule has 0 bridgehead atoms. The first-order valence-corrected chi connectivity index (χ1v) is 7.66. The number of rotatable bonds is 11. The summed E-state index contributed by atoms with van der Waals surface area (Å²) in [7, 11) is 0. The lowest BCUT2D eigenvalue weighted by Gasteiger charge is -2.30. The number of aliphatic hydroxyl groups excluding tert-OH is 1. The van der Waals surface area contributed by atoms with Crippen molar-refractivity contribution in [1.82, 2.24) is 10.2 Å². The molecule has 0 radical (unpaired) electrons. The van der Waals surface area contributed by atoms with Gasteiger partial charge in [-0.3, -0.25) is 0 Å². The van der Waals surface area contributed by atoms with Gasteiger partial charge in [0.05, 0.1) is 6.61 Å². The Bertz CT molecular complexity index is 185. The van der Waals surface area contributed by atoms with Crippen LogP contribution in [0, 0.1) is 0 Å². The van der Waals surface area contributed by atoms with Crippen LogP contribution >= 0.6 is 0 Å². The van der Waals surface area contributed by atoms with Crippen molar-refractivity contribution in [3.05, 3.63) is 0 Å². The first-order valence-electron chi connectivity index (χ1n) is 7.66. The summed E-state index contributed by atoms with van der Waals surface area (Å²) in [5.74, 6) is 0. The second-order valence-electron chi connectivity index (χ2n) is 5.64. The van der Waals surface area contributed by atoms with Gasteiger partial charge in [0.1, 0.15) is 0 Å². The third kappa shape index (κ3) is 8.06.